The molecule has 0 unspecified atom stereocenters. The van der Waals surface area contributed by atoms with E-state index in [-0.39, 0.29) is 23.7 Å². The van der Waals surface area contributed by atoms with Crippen LogP contribution in [0.4, 0.5) is 0 Å². The van der Waals surface area contributed by atoms with Gasteiger partial charge in [-0.25, -0.2) is 0 Å². The summed E-state index contributed by atoms with van der Waals surface area (Å²) in [5.74, 6) is 0.0474. The summed E-state index contributed by atoms with van der Waals surface area (Å²) in [4.78, 5) is 12.2. The maximum atomic E-state index is 12.2. The van der Waals surface area contributed by atoms with E-state index in [1.165, 1.54) is 7.11 Å². The number of methoxy groups -OCH3 is 1. The molecular formula is C25H25NO3. The van der Waals surface area contributed by atoms with Crippen molar-refractivity contribution in [2.75, 3.05) is 13.7 Å². The molecule has 4 heteroatoms. The average molecular weight is 387 g/mol. The summed E-state index contributed by atoms with van der Waals surface area (Å²) in [6.07, 6.45) is 0.616. The van der Waals surface area contributed by atoms with E-state index in [1.54, 1.807) is 6.07 Å². The molecule has 148 valence electrons. The molecule has 2 N–H and O–H groups in total. The Morgan fingerprint density at radius 3 is 2.03 bits per heavy atom. The molecule has 0 amide bonds. The molecule has 4 nitrogen and oxygen atoms in total. The largest absolute Gasteiger partial charge is 0.508 e. The molecule has 1 aliphatic rings. The lowest BCUT2D eigenvalue weighted by Crippen LogP contribution is -2.39. The first-order valence-electron chi connectivity index (χ1n) is 9.88. The number of nitrogens with one attached hydrogen (secondary N) is 1. The lowest BCUT2D eigenvalue weighted by atomic mass is 9.61. The van der Waals surface area contributed by atoms with Crippen molar-refractivity contribution in [2.24, 2.45) is 5.92 Å². The summed E-state index contributed by atoms with van der Waals surface area (Å²) >= 11 is 0. The van der Waals surface area contributed by atoms with E-state index in [1.807, 2.05) is 54.6 Å². The van der Waals surface area contributed by atoms with Gasteiger partial charge in [0.1, 0.15) is 11.8 Å². The van der Waals surface area contributed by atoms with Gasteiger partial charge in [-0.05, 0) is 29.5 Å². The highest BCUT2D eigenvalue weighted by Gasteiger charge is 2.49. The molecular weight excluding hydrogens is 362 g/mol. The first-order chi connectivity index (χ1) is 14.2. The number of aromatic hydroxyl groups is 1. The van der Waals surface area contributed by atoms with Gasteiger partial charge in [-0.3, -0.25) is 4.79 Å². The zero-order chi connectivity index (χ0) is 20.3. The summed E-state index contributed by atoms with van der Waals surface area (Å²) in [6.45, 7) is 0.637. The highest BCUT2D eigenvalue weighted by Crippen LogP contribution is 2.50. The molecule has 1 heterocycles. The molecule has 2 atom stereocenters. The number of hydrogen-bond acceptors (Lipinski definition) is 4. The van der Waals surface area contributed by atoms with Crippen molar-refractivity contribution < 1.29 is 14.6 Å². The Morgan fingerprint density at radius 1 is 0.931 bits per heavy atom. The van der Waals surface area contributed by atoms with E-state index in [4.69, 9.17) is 4.74 Å². The Kier molecular flexibility index (Phi) is 5.36. The van der Waals surface area contributed by atoms with Gasteiger partial charge in [-0.15, -0.1) is 0 Å². The second kappa shape index (κ2) is 8.10. The first kappa shape index (κ1) is 19.2. The van der Waals surface area contributed by atoms with Crippen LogP contribution in [0.2, 0.25) is 0 Å². The van der Waals surface area contributed by atoms with Gasteiger partial charge in [0, 0.05) is 12.1 Å². The maximum absolute atomic E-state index is 12.2. The van der Waals surface area contributed by atoms with Crippen molar-refractivity contribution in [3.05, 3.63) is 102 Å². The predicted octanol–water partition coefficient (Wildman–Crippen LogP) is 3.88. The fraction of sp³-hybridized carbons (Fsp3) is 0.240. The number of carbonyl (C=O) groups is 1. The zero-order valence-corrected chi connectivity index (χ0v) is 16.4. The number of hydrogen-bond donors (Lipinski definition) is 2. The monoisotopic (exact) mass is 387 g/mol. The van der Waals surface area contributed by atoms with E-state index in [9.17, 15) is 9.90 Å². The lowest BCUT2D eigenvalue weighted by molar-refractivity contribution is -0.142. The van der Waals surface area contributed by atoms with Crippen molar-refractivity contribution in [2.45, 2.75) is 17.9 Å². The number of phenolic OH excluding ortho intramolecular Hbond substituents is 1. The third kappa shape index (κ3) is 3.30. The number of rotatable bonds is 5. The topological polar surface area (TPSA) is 58.6 Å². The van der Waals surface area contributed by atoms with Gasteiger partial charge in [0.2, 0.25) is 0 Å². The molecule has 0 aromatic heterocycles. The predicted molar refractivity (Wildman–Crippen MR) is 113 cm³/mol. The van der Waals surface area contributed by atoms with Gasteiger partial charge in [0.15, 0.2) is 0 Å². The third-order valence-corrected chi connectivity index (χ3v) is 6.02. The standard InChI is InChI=1S/C25H25NO3/c1-29-24(28)22-16-20(17-26-22)25(18-10-4-2-5-11-18,19-12-6-3-7-13-19)21-14-8-9-15-23(21)27/h2-15,20,22,26-27H,16-17H2,1H3/t20-,22+/m0/s1. The molecule has 29 heavy (non-hydrogen) atoms. The van der Waals surface area contributed by atoms with E-state index in [0.717, 1.165) is 16.7 Å². The van der Waals surface area contributed by atoms with Gasteiger partial charge >= 0.3 is 5.97 Å². The smallest absolute Gasteiger partial charge is 0.322 e. The number of carbonyl (C=O) groups excluding carboxylic acids is 1. The Labute approximate surface area is 171 Å². The third-order valence-electron chi connectivity index (χ3n) is 6.02. The van der Waals surface area contributed by atoms with Crippen LogP contribution in [0.5, 0.6) is 5.75 Å². The van der Waals surface area contributed by atoms with Crippen LogP contribution in [0.25, 0.3) is 0 Å². The van der Waals surface area contributed by atoms with Crippen molar-refractivity contribution in [1.82, 2.24) is 5.32 Å². The minimum atomic E-state index is -0.608. The first-order valence-corrected chi connectivity index (χ1v) is 9.88. The van der Waals surface area contributed by atoms with E-state index in [0.29, 0.717) is 13.0 Å². The molecule has 0 bridgehead atoms. The van der Waals surface area contributed by atoms with Crippen LogP contribution in [0, 0.1) is 5.92 Å². The number of benzene rings is 3. The lowest BCUT2D eigenvalue weighted by Gasteiger charge is -2.41. The summed E-state index contributed by atoms with van der Waals surface area (Å²) in [7, 11) is 1.42. The Hall–Kier alpha value is -3.11. The van der Waals surface area contributed by atoms with Gasteiger partial charge in [0.25, 0.3) is 0 Å². The van der Waals surface area contributed by atoms with E-state index >= 15 is 0 Å². The molecule has 0 radical (unpaired) electrons. The van der Waals surface area contributed by atoms with Gasteiger partial charge in [0.05, 0.1) is 12.5 Å². The molecule has 3 aromatic rings. The van der Waals surface area contributed by atoms with E-state index < -0.39 is 5.41 Å². The van der Waals surface area contributed by atoms with Crippen LogP contribution in [0.15, 0.2) is 84.9 Å². The van der Waals surface area contributed by atoms with Crippen molar-refractivity contribution in [1.29, 1.82) is 0 Å². The van der Waals surface area contributed by atoms with Crippen LogP contribution in [0.1, 0.15) is 23.1 Å². The van der Waals surface area contributed by atoms with Gasteiger partial charge in [-0.1, -0.05) is 78.9 Å². The molecule has 4 rings (SSSR count). The van der Waals surface area contributed by atoms with Crippen molar-refractivity contribution in [3.8, 4) is 5.75 Å². The summed E-state index contributed by atoms with van der Waals surface area (Å²) in [6, 6.07) is 27.6. The highest BCUT2D eigenvalue weighted by atomic mass is 16.5. The normalized spacial score (nSPS) is 19.1. The van der Waals surface area contributed by atoms with E-state index in [2.05, 4.69) is 29.6 Å². The summed E-state index contributed by atoms with van der Waals surface area (Å²) < 4.78 is 4.99. The molecule has 1 saturated heterocycles. The quantitative estimate of drug-likeness (QED) is 0.515. The van der Waals surface area contributed by atoms with Crippen LogP contribution < -0.4 is 5.32 Å². The Morgan fingerprint density at radius 2 is 1.48 bits per heavy atom. The summed E-state index contributed by atoms with van der Waals surface area (Å²) in [5, 5.41) is 14.3. The molecule has 0 spiro atoms. The van der Waals surface area contributed by atoms with Crippen LogP contribution in [-0.4, -0.2) is 30.8 Å². The molecule has 0 aliphatic carbocycles. The Bertz CT molecular complexity index is 932. The average Bonchev–Trinajstić information content (AvgIpc) is 3.27. The van der Waals surface area contributed by atoms with Crippen LogP contribution in [-0.2, 0) is 14.9 Å². The number of phenols is 1. The van der Waals surface area contributed by atoms with Crippen molar-refractivity contribution in [3.63, 3.8) is 0 Å². The maximum Gasteiger partial charge on any atom is 0.322 e. The second-order valence-corrected chi connectivity index (χ2v) is 7.47. The minimum absolute atomic E-state index is 0.0460. The molecule has 3 aromatic carbocycles. The molecule has 1 fully saturated rings. The zero-order valence-electron chi connectivity index (χ0n) is 16.4. The number of para-hydroxylation sites is 1. The fourth-order valence-electron chi connectivity index (χ4n) is 4.77. The minimum Gasteiger partial charge on any atom is -0.508 e. The molecule has 1 aliphatic heterocycles. The van der Waals surface area contributed by atoms with Gasteiger partial charge in [-0.2, -0.15) is 0 Å². The summed E-state index contributed by atoms with van der Waals surface area (Å²) in [5.41, 5.74) is 2.41. The molecule has 0 saturated carbocycles. The number of ether oxygens (including phenoxy) is 1. The van der Waals surface area contributed by atoms with Gasteiger partial charge < -0.3 is 15.2 Å². The Balaban J connectivity index is 1.98. The van der Waals surface area contributed by atoms with Crippen molar-refractivity contribution >= 4 is 5.97 Å². The SMILES string of the molecule is COC(=O)[C@H]1C[C@H](C(c2ccccc2)(c2ccccc2)c2ccccc2O)CN1. The second-order valence-electron chi connectivity index (χ2n) is 7.47. The van der Waals surface area contributed by atoms with Crippen LogP contribution in [0.3, 0.4) is 0 Å². The highest BCUT2D eigenvalue weighted by molar-refractivity contribution is 5.76. The fourth-order valence-corrected chi connectivity index (χ4v) is 4.77. The van der Waals surface area contributed by atoms with Crippen LogP contribution >= 0.6 is 0 Å². The number of esters is 1.